The highest BCUT2D eigenvalue weighted by Crippen LogP contribution is 2.28. The Hall–Kier alpha value is -2.00. The van der Waals surface area contributed by atoms with Gasteiger partial charge in [-0.15, -0.1) is 11.6 Å². The van der Waals surface area contributed by atoms with Gasteiger partial charge in [-0.25, -0.2) is 0 Å². The fourth-order valence-corrected chi connectivity index (χ4v) is 2.05. The van der Waals surface area contributed by atoms with Crippen molar-refractivity contribution in [3.05, 3.63) is 53.6 Å². The number of amides is 1. The van der Waals surface area contributed by atoms with E-state index in [0.29, 0.717) is 0 Å². The van der Waals surface area contributed by atoms with Crippen molar-refractivity contribution in [2.24, 2.45) is 5.41 Å². The second-order valence-electron chi connectivity index (χ2n) is 6.30. The molecule has 2 rings (SSSR count). The van der Waals surface area contributed by atoms with E-state index in [4.69, 9.17) is 16.3 Å². The lowest BCUT2D eigenvalue weighted by molar-refractivity contribution is -0.122. The third-order valence-electron chi connectivity index (χ3n) is 3.84. The summed E-state index contributed by atoms with van der Waals surface area (Å²) in [5.74, 6) is 1.74. The molecule has 1 N–H and O–H groups in total. The predicted molar refractivity (Wildman–Crippen MR) is 95.6 cm³/mol. The molecule has 1 amide bonds. The Morgan fingerprint density at radius 3 is 2.39 bits per heavy atom. The Balaban J connectivity index is 2.08. The first-order valence-corrected chi connectivity index (χ1v) is 8.08. The molecule has 0 aliphatic heterocycles. The molecule has 4 heteroatoms. The van der Waals surface area contributed by atoms with Crippen LogP contribution < -0.4 is 10.1 Å². The highest BCUT2D eigenvalue weighted by molar-refractivity contribution is 6.20. The summed E-state index contributed by atoms with van der Waals surface area (Å²) in [6.45, 7) is 7.72. The van der Waals surface area contributed by atoms with Crippen LogP contribution in [0.3, 0.4) is 0 Å². The van der Waals surface area contributed by atoms with Gasteiger partial charge in [0.05, 0.1) is 5.41 Å². The minimum atomic E-state index is -0.602. The molecule has 0 saturated heterocycles. The first kappa shape index (κ1) is 17.4. The number of benzene rings is 2. The number of nitrogens with one attached hydrogen (secondary N) is 1. The van der Waals surface area contributed by atoms with E-state index in [2.05, 4.69) is 18.3 Å². The van der Waals surface area contributed by atoms with Crippen LogP contribution in [0.1, 0.15) is 25.0 Å². The zero-order chi connectivity index (χ0) is 17.0. The molecule has 0 fully saturated rings. The van der Waals surface area contributed by atoms with Crippen LogP contribution in [0.2, 0.25) is 0 Å². The van der Waals surface area contributed by atoms with Gasteiger partial charge in [-0.05, 0) is 69.2 Å². The number of aryl methyl sites for hydroxylation is 1. The van der Waals surface area contributed by atoms with E-state index in [9.17, 15) is 4.79 Å². The molecule has 122 valence electrons. The van der Waals surface area contributed by atoms with Gasteiger partial charge in [0.25, 0.3) is 0 Å². The Bertz CT molecular complexity index is 693. The zero-order valence-corrected chi connectivity index (χ0v) is 14.7. The van der Waals surface area contributed by atoms with Crippen molar-refractivity contribution in [1.29, 1.82) is 0 Å². The molecule has 0 radical (unpaired) electrons. The van der Waals surface area contributed by atoms with Gasteiger partial charge in [-0.2, -0.15) is 0 Å². The fourth-order valence-electron chi connectivity index (χ4n) is 1.93. The minimum Gasteiger partial charge on any atom is -0.457 e. The number of ether oxygens (including phenoxy) is 1. The van der Waals surface area contributed by atoms with Gasteiger partial charge in [0.2, 0.25) is 5.91 Å². The summed E-state index contributed by atoms with van der Waals surface area (Å²) in [7, 11) is 0. The summed E-state index contributed by atoms with van der Waals surface area (Å²) in [5, 5.41) is 2.87. The first-order valence-electron chi connectivity index (χ1n) is 7.55. The summed E-state index contributed by atoms with van der Waals surface area (Å²) >= 11 is 5.82. The van der Waals surface area contributed by atoms with Crippen LogP contribution >= 0.6 is 11.6 Å². The first-order chi connectivity index (χ1) is 10.8. The monoisotopic (exact) mass is 331 g/mol. The largest absolute Gasteiger partial charge is 0.457 e. The van der Waals surface area contributed by atoms with Gasteiger partial charge in [-0.1, -0.05) is 12.1 Å². The highest BCUT2D eigenvalue weighted by Gasteiger charge is 2.26. The van der Waals surface area contributed by atoms with E-state index in [1.807, 2.05) is 57.2 Å². The number of hydrogen-bond donors (Lipinski definition) is 1. The van der Waals surface area contributed by atoms with Crippen LogP contribution in [0.5, 0.6) is 11.5 Å². The molecule has 0 aliphatic carbocycles. The quantitative estimate of drug-likeness (QED) is 0.755. The summed E-state index contributed by atoms with van der Waals surface area (Å²) in [6.07, 6.45) is 0. The number of rotatable bonds is 5. The van der Waals surface area contributed by atoms with Gasteiger partial charge in [0.1, 0.15) is 11.5 Å². The van der Waals surface area contributed by atoms with E-state index in [0.717, 1.165) is 22.7 Å². The smallest absolute Gasteiger partial charge is 0.231 e. The van der Waals surface area contributed by atoms with Crippen LogP contribution in [0, 0.1) is 19.3 Å². The van der Waals surface area contributed by atoms with Crippen LogP contribution in [-0.2, 0) is 4.79 Å². The van der Waals surface area contributed by atoms with E-state index in [-0.39, 0.29) is 11.8 Å². The Labute approximate surface area is 142 Å². The Morgan fingerprint density at radius 2 is 1.78 bits per heavy atom. The van der Waals surface area contributed by atoms with Crippen molar-refractivity contribution >= 4 is 23.2 Å². The van der Waals surface area contributed by atoms with Gasteiger partial charge < -0.3 is 10.1 Å². The lowest BCUT2D eigenvalue weighted by Crippen LogP contribution is -2.32. The van der Waals surface area contributed by atoms with E-state index < -0.39 is 5.41 Å². The molecule has 0 heterocycles. The molecular weight excluding hydrogens is 310 g/mol. The molecule has 0 atom stereocenters. The molecule has 2 aromatic carbocycles. The maximum Gasteiger partial charge on any atom is 0.231 e. The standard InChI is InChI=1S/C19H22ClNO2/c1-13-6-5-7-17(14(13)2)23-16-10-8-15(9-11-16)21-18(22)19(3,4)12-20/h5-11H,12H2,1-4H3,(H,21,22). The van der Waals surface area contributed by atoms with Crippen molar-refractivity contribution < 1.29 is 9.53 Å². The molecule has 0 bridgehead atoms. The third-order valence-corrected chi connectivity index (χ3v) is 4.51. The summed E-state index contributed by atoms with van der Waals surface area (Å²) in [6, 6.07) is 13.3. The van der Waals surface area contributed by atoms with Crippen LogP contribution in [0.4, 0.5) is 5.69 Å². The number of alkyl halides is 1. The maximum absolute atomic E-state index is 12.1. The van der Waals surface area contributed by atoms with Crippen LogP contribution in [-0.4, -0.2) is 11.8 Å². The predicted octanol–water partition coefficient (Wildman–Crippen LogP) is 5.30. The Kier molecular flexibility index (Phi) is 5.32. The summed E-state index contributed by atoms with van der Waals surface area (Å²) in [4.78, 5) is 12.1. The lowest BCUT2D eigenvalue weighted by atomic mass is 9.95. The van der Waals surface area contributed by atoms with E-state index in [1.54, 1.807) is 0 Å². The maximum atomic E-state index is 12.1. The van der Waals surface area contributed by atoms with E-state index >= 15 is 0 Å². The highest BCUT2D eigenvalue weighted by atomic mass is 35.5. The summed E-state index contributed by atoms with van der Waals surface area (Å²) < 4.78 is 5.90. The fraction of sp³-hybridized carbons (Fsp3) is 0.316. The average molecular weight is 332 g/mol. The third kappa shape index (κ3) is 4.26. The molecule has 0 aliphatic rings. The van der Waals surface area contributed by atoms with Crippen molar-refractivity contribution in [2.75, 3.05) is 11.2 Å². The number of hydrogen-bond acceptors (Lipinski definition) is 2. The molecule has 2 aromatic rings. The minimum absolute atomic E-state index is 0.101. The van der Waals surface area contributed by atoms with Gasteiger partial charge >= 0.3 is 0 Å². The number of anilines is 1. The molecule has 3 nitrogen and oxygen atoms in total. The second-order valence-corrected chi connectivity index (χ2v) is 6.56. The van der Waals surface area contributed by atoms with Crippen molar-refractivity contribution in [1.82, 2.24) is 0 Å². The zero-order valence-electron chi connectivity index (χ0n) is 13.9. The Morgan fingerprint density at radius 1 is 1.13 bits per heavy atom. The second kappa shape index (κ2) is 7.05. The van der Waals surface area contributed by atoms with Gasteiger partial charge in [0.15, 0.2) is 0 Å². The van der Waals surface area contributed by atoms with Crippen molar-refractivity contribution in [3.8, 4) is 11.5 Å². The topological polar surface area (TPSA) is 38.3 Å². The molecule has 0 spiro atoms. The van der Waals surface area contributed by atoms with Crippen molar-refractivity contribution in [2.45, 2.75) is 27.7 Å². The molecular formula is C19H22ClNO2. The number of carbonyl (C=O) groups is 1. The molecule has 0 unspecified atom stereocenters. The lowest BCUT2D eigenvalue weighted by Gasteiger charge is -2.20. The van der Waals surface area contributed by atoms with E-state index in [1.165, 1.54) is 5.56 Å². The normalized spacial score (nSPS) is 11.2. The van der Waals surface area contributed by atoms with Gasteiger partial charge in [0, 0.05) is 11.6 Å². The SMILES string of the molecule is Cc1cccc(Oc2ccc(NC(=O)C(C)(C)CCl)cc2)c1C. The van der Waals surface area contributed by atoms with Crippen LogP contribution in [0.15, 0.2) is 42.5 Å². The average Bonchev–Trinajstić information content (AvgIpc) is 2.53. The molecule has 0 aromatic heterocycles. The van der Waals surface area contributed by atoms with Crippen molar-refractivity contribution in [3.63, 3.8) is 0 Å². The number of carbonyl (C=O) groups excluding carboxylic acids is 1. The summed E-state index contributed by atoms with van der Waals surface area (Å²) in [5.41, 5.74) is 2.43. The van der Waals surface area contributed by atoms with Gasteiger partial charge in [-0.3, -0.25) is 4.79 Å². The molecule has 0 saturated carbocycles. The number of halogens is 1. The van der Waals surface area contributed by atoms with Crippen LogP contribution in [0.25, 0.3) is 0 Å². The molecule has 23 heavy (non-hydrogen) atoms.